The molecular weight excluding hydrogens is 228 g/mol. The predicted molar refractivity (Wildman–Crippen MR) is 80.9 cm³/mol. The van der Waals surface area contributed by atoms with Gasteiger partial charge in [-0.3, -0.25) is 0 Å². The van der Waals surface area contributed by atoms with Gasteiger partial charge >= 0.3 is 0 Å². The summed E-state index contributed by atoms with van der Waals surface area (Å²) in [6.45, 7) is 9.24. The highest BCUT2D eigenvalue weighted by molar-refractivity contribution is 6.18. The van der Waals surface area contributed by atoms with E-state index in [4.69, 9.17) is 11.6 Å². The van der Waals surface area contributed by atoms with E-state index in [-0.39, 0.29) is 0 Å². The molecule has 0 fully saturated rings. The zero-order valence-corrected chi connectivity index (χ0v) is 13.3. The average molecular weight is 261 g/mol. The molecular formula is C16H33Cl. The lowest BCUT2D eigenvalue weighted by Crippen LogP contribution is -2.25. The van der Waals surface area contributed by atoms with Crippen LogP contribution in [0.1, 0.15) is 85.5 Å². The summed E-state index contributed by atoms with van der Waals surface area (Å²) in [4.78, 5) is 0. The molecule has 0 saturated carbocycles. The van der Waals surface area contributed by atoms with Crippen LogP contribution in [0.4, 0.5) is 0 Å². The standard InChI is InChI=1S/C16H33Cl/c1-5-9-11-15(7-3)13-16(8-4,14-17)12-10-6-2/h15H,5-14H2,1-4H3. The second-order valence-corrected chi connectivity index (χ2v) is 5.98. The van der Waals surface area contributed by atoms with E-state index in [9.17, 15) is 0 Å². The van der Waals surface area contributed by atoms with Crippen molar-refractivity contribution in [3.05, 3.63) is 0 Å². The molecule has 0 aromatic heterocycles. The lowest BCUT2D eigenvalue weighted by molar-refractivity contribution is 0.199. The second kappa shape index (κ2) is 10.2. The van der Waals surface area contributed by atoms with Crippen LogP contribution in [0.5, 0.6) is 0 Å². The van der Waals surface area contributed by atoms with Gasteiger partial charge in [0.1, 0.15) is 0 Å². The lowest BCUT2D eigenvalue weighted by atomic mass is 9.73. The molecule has 17 heavy (non-hydrogen) atoms. The van der Waals surface area contributed by atoms with Gasteiger partial charge in [0.15, 0.2) is 0 Å². The number of rotatable bonds is 11. The topological polar surface area (TPSA) is 0 Å². The SMILES string of the molecule is CCCCC(CC)CC(CC)(CCl)CCCC. The van der Waals surface area contributed by atoms with Gasteiger partial charge in [-0.05, 0) is 30.6 Å². The Morgan fingerprint density at radius 2 is 1.65 bits per heavy atom. The van der Waals surface area contributed by atoms with E-state index in [2.05, 4.69) is 27.7 Å². The summed E-state index contributed by atoms with van der Waals surface area (Å²) >= 11 is 6.30. The molecule has 0 aromatic carbocycles. The molecule has 0 aromatic rings. The Kier molecular flexibility index (Phi) is 10.4. The van der Waals surface area contributed by atoms with Crippen molar-refractivity contribution in [2.24, 2.45) is 11.3 Å². The van der Waals surface area contributed by atoms with Crippen molar-refractivity contribution in [3.8, 4) is 0 Å². The summed E-state index contributed by atoms with van der Waals surface area (Å²) in [6, 6.07) is 0. The Bertz CT molecular complexity index is 161. The first-order valence-electron chi connectivity index (χ1n) is 7.73. The molecule has 0 radical (unpaired) electrons. The van der Waals surface area contributed by atoms with E-state index < -0.39 is 0 Å². The number of unbranched alkanes of at least 4 members (excludes halogenated alkanes) is 2. The van der Waals surface area contributed by atoms with E-state index in [1.807, 2.05) is 0 Å². The third kappa shape index (κ3) is 6.70. The predicted octanol–water partition coefficient (Wildman–Crippen LogP) is 6.42. The van der Waals surface area contributed by atoms with Crippen molar-refractivity contribution in [1.82, 2.24) is 0 Å². The minimum Gasteiger partial charge on any atom is -0.126 e. The molecule has 0 rings (SSSR count). The summed E-state index contributed by atoms with van der Waals surface area (Å²) in [5, 5.41) is 0. The first-order chi connectivity index (χ1) is 8.17. The summed E-state index contributed by atoms with van der Waals surface area (Å²) in [7, 11) is 0. The highest BCUT2D eigenvalue weighted by Crippen LogP contribution is 2.39. The Morgan fingerprint density at radius 3 is 2.06 bits per heavy atom. The number of halogens is 1. The molecule has 104 valence electrons. The van der Waals surface area contributed by atoms with Gasteiger partial charge in [0, 0.05) is 5.88 Å². The lowest BCUT2D eigenvalue weighted by Gasteiger charge is -2.34. The fraction of sp³-hybridized carbons (Fsp3) is 1.00. The molecule has 2 unspecified atom stereocenters. The van der Waals surface area contributed by atoms with Crippen molar-refractivity contribution < 1.29 is 0 Å². The minimum atomic E-state index is 0.423. The highest BCUT2D eigenvalue weighted by Gasteiger charge is 2.29. The smallest absolute Gasteiger partial charge is 0.0280 e. The quantitative estimate of drug-likeness (QED) is 0.376. The largest absolute Gasteiger partial charge is 0.126 e. The zero-order valence-electron chi connectivity index (χ0n) is 12.5. The zero-order chi connectivity index (χ0) is 13.1. The van der Waals surface area contributed by atoms with Crippen LogP contribution in [0, 0.1) is 11.3 Å². The molecule has 0 N–H and O–H groups in total. The number of hydrogen-bond acceptors (Lipinski definition) is 0. The highest BCUT2D eigenvalue weighted by atomic mass is 35.5. The number of hydrogen-bond donors (Lipinski definition) is 0. The van der Waals surface area contributed by atoms with Crippen molar-refractivity contribution in [1.29, 1.82) is 0 Å². The average Bonchev–Trinajstić information content (AvgIpc) is 2.39. The third-order valence-electron chi connectivity index (χ3n) is 4.36. The Balaban J connectivity index is 4.36. The fourth-order valence-corrected chi connectivity index (χ4v) is 3.18. The van der Waals surface area contributed by atoms with Gasteiger partial charge in [-0.15, -0.1) is 11.6 Å². The summed E-state index contributed by atoms with van der Waals surface area (Å²) < 4.78 is 0. The molecule has 2 atom stereocenters. The van der Waals surface area contributed by atoms with Crippen LogP contribution in [0.3, 0.4) is 0 Å². The summed E-state index contributed by atoms with van der Waals surface area (Å²) in [5.74, 6) is 1.75. The first kappa shape index (κ1) is 17.3. The Morgan fingerprint density at radius 1 is 1.00 bits per heavy atom. The molecule has 0 bridgehead atoms. The molecule has 0 amide bonds. The van der Waals surface area contributed by atoms with Crippen molar-refractivity contribution in [2.75, 3.05) is 5.88 Å². The molecule has 0 spiro atoms. The Hall–Kier alpha value is 0.290. The molecule has 1 heteroatoms. The van der Waals surface area contributed by atoms with Gasteiger partial charge in [0.25, 0.3) is 0 Å². The molecule has 0 heterocycles. The fourth-order valence-electron chi connectivity index (χ4n) is 2.75. The van der Waals surface area contributed by atoms with Gasteiger partial charge in [-0.1, -0.05) is 66.2 Å². The third-order valence-corrected chi connectivity index (χ3v) is 4.93. The number of alkyl halides is 1. The van der Waals surface area contributed by atoms with Crippen molar-refractivity contribution in [2.45, 2.75) is 85.5 Å². The molecule has 0 saturated heterocycles. The molecule has 0 nitrogen and oxygen atoms in total. The van der Waals surface area contributed by atoms with Crippen LogP contribution in [-0.4, -0.2) is 5.88 Å². The van der Waals surface area contributed by atoms with Gasteiger partial charge in [0.05, 0.1) is 0 Å². The normalized spacial score (nSPS) is 16.8. The van der Waals surface area contributed by atoms with Crippen LogP contribution < -0.4 is 0 Å². The van der Waals surface area contributed by atoms with Crippen LogP contribution in [-0.2, 0) is 0 Å². The van der Waals surface area contributed by atoms with E-state index in [1.54, 1.807) is 0 Å². The first-order valence-corrected chi connectivity index (χ1v) is 8.27. The molecule has 0 aliphatic carbocycles. The molecule has 0 aliphatic rings. The van der Waals surface area contributed by atoms with Crippen LogP contribution >= 0.6 is 11.6 Å². The van der Waals surface area contributed by atoms with Gasteiger partial charge in [-0.25, -0.2) is 0 Å². The van der Waals surface area contributed by atoms with Crippen LogP contribution in [0.25, 0.3) is 0 Å². The van der Waals surface area contributed by atoms with E-state index in [1.165, 1.54) is 57.8 Å². The Labute approximate surface area is 115 Å². The van der Waals surface area contributed by atoms with Gasteiger partial charge in [0.2, 0.25) is 0 Å². The van der Waals surface area contributed by atoms with E-state index >= 15 is 0 Å². The van der Waals surface area contributed by atoms with Crippen molar-refractivity contribution in [3.63, 3.8) is 0 Å². The summed E-state index contributed by atoms with van der Waals surface area (Å²) in [6.07, 6.45) is 12.0. The maximum absolute atomic E-state index is 6.30. The van der Waals surface area contributed by atoms with Crippen LogP contribution in [0.15, 0.2) is 0 Å². The van der Waals surface area contributed by atoms with Gasteiger partial charge < -0.3 is 0 Å². The van der Waals surface area contributed by atoms with E-state index in [0.29, 0.717) is 5.41 Å². The van der Waals surface area contributed by atoms with Gasteiger partial charge in [-0.2, -0.15) is 0 Å². The minimum absolute atomic E-state index is 0.423. The maximum atomic E-state index is 6.30. The maximum Gasteiger partial charge on any atom is 0.0280 e. The monoisotopic (exact) mass is 260 g/mol. The summed E-state index contributed by atoms with van der Waals surface area (Å²) in [5.41, 5.74) is 0.423. The van der Waals surface area contributed by atoms with Crippen LogP contribution in [0.2, 0.25) is 0 Å². The van der Waals surface area contributed by atoms with Crippen molar-refractivity contribution >= 4 is 11.6 Å². The van der Waals surface area contributed by atoms with E-state index in [0.717, 1.165) is 11.8 Å². The molecule has 0 aliphatic heterocycles. The second-order valence-electron chi connectivity index (χ2n) is 5.71.